The van der Waals surface area contributed by atoms with Crippen LogP contribution in [0, 0.1) is 0 Å². The Labute approximate surface area is 246 Å². The monoisotopic (exact) mass is 582 g/mol. The lowest BCUT2D eigenvalue weighted by Crippen LogP contribution is -2.41. The maximum absolute atomic E-state index is 16.2. The van der Waals surface area contributed by atoms with E-state index in [2.05, 4.69) is 0 Å². The van der Waals surface area contributed by atoms with Crippen molar-refractivity contribution >= 4 is 46.1 Å². The summed E-state index contributed by atoms with van der Waals surface area (Å²) < 4.78 is 38.5. The predicted molar refractivity (Wildman–Crippen MR) is 175 cm³/mol. The van der Waals surface area contributed by atoms with Crippen LogP contribution >= 0.6 is 14.3 Å². The van der Waals surface area contributed by atoms with Crippen LogP contribution in [0.5, 0.6) is 11.5 Å². The van der Waals surface area contributed by atoms with Crippen LogP contribution in [0.1, 0.15) is 11.1 Å². The van der Waals surface area contributed by atoms with Gasteiger partial charge >= 0.3 is 0 Å². The lowest BCUT2D eigenvalue weighted by Gasteiger charge is -2.32. The lowest BCUT2D eigenvalue weighted by molar-refractivity contribution is 0.461. The van der Waals surface area contributed by atoms with Gasteiger partial charge in [0.05, 0.1) is 0 Å². The summed E-state index contributed by atoms with van der Waals surface area (Å²) in [6.07, 6.45) is 0.516. The average Bonchev–Trinajstić information content (AvgIpc) is 3.07. The van der Waals surface area contributed by atoms with Gasteiger partial charge in [0.2, 0.25) is 0 Å². The molecular formula is C37H28O3P2. The maximum Gasteiger partial charge on any atom is 0.172 e. The van der Waals surface area contributed by atoms with E-state index in [1.807, 2.05) is 158 Å². The van der Waals surface area contributed by atoms with Crippen molar-refractivity contribution in [1.29, 1.82) is 0 Å². The van der Waals surface area contributed by atoms with Crippen molar-refractivity contribution in [2.45, 2.75) is 6.42 Å². The van der Waals surface area contributed by atoms with Crippen molar-refractivity contribution < 1.29 is 13.9 Å². The van der Waals surface area contributed by atoms with Crippen LogP contribution in [0.3, 0.4) is 0 Å². The Morgan fingerprint density at radius 1 is 0.429 bits per heavy atom. The first-order chi connectivity index (χ1) is 20.6. The molecule has 0 aromatic heterocycles. The van der Waals surface area contributed by atoms with Gasteiger partial charge in [-0.25, -0.2) is 0 Å². The normalized spacial score (nSPS) is 12.6. The Hall–Kier alpha value is -4.42. The molecule has 0 radical (unpaired) electrons. The van der Waals surface area contributed by atoms with Crippen LogP contribution < -0.4 is 36.6 Å². The topological polar surface area (TPSA) is 43.4 Å². The van der Waals surface area contributed by atoms with Crippen molar-refractivity contribution in [3.63, 3.8) is 0 Å². The Bertz CT molecular complexity index is 1890. The molecule has 0 saturated heterocycles. The summed E-state index contributed by atoms with van der Waals surface area (Å²) in [6, 6.07) is 50.1. The van der Waals surface area contributed by atoms with Gasteiger partial charge in [0.15, 0.2) is 14.3 Å². The van der Waals surface area contributed by atoms with Gasteiger partial charge in [0.1, 0.15) is 11.5 Å². The minimum atomic E-state index is -3.58. The first kappa shape index (κ1) is 26.5. The predicted octanol–water partition coefficient (Wildman–Crippen LogP) is 6.66. The van der Waals surface area contributed by atoms with Crippen LogP contribution in [0.25, 0.3) is 0 Å². The summed E-state index contributed by atoms with van der Waals surface area (Å²) in [7, 11) is -7.09. The number of ether oxygens (including phenoxy) is 1. The Morgan fingerprint density at radius 3 is 1.36 bits per heavy atom. The third kappa shape index (κ3) is 4.29. The molecule has 204 valence electrons. The van der Waals surface area contributed by atoms with E-state index in [4.69, 9.17) is 4.74 Å². The highest BCUT2D eigenvalue weighted by molar-refractivity contribution is 7.90. The van der Waals surface area contributed by atoms with E-state index in [1.54, 1.807) is 0 Å². The molecule has 7 rings (SSSR count). The van der Waals surface area contributed by atoms with Crippen LogP contribution in [0.15, 0.2) is 158 Å². The molecule has 1 heterocycles. The first-order valence-electron chi connectivity index (χ1n) is 14.0. The van der Waals surface area contributed by atoms with Gasteiger partial charge in [0.25, 0.3) is 0 Å². The molecule has 6 aromatic rings. The third-order valence-electron chi connectivity index (χ3n) is 7.91. The molecule has 42 heavy (non-hydrogen) atoms. The number of para-hydroxylation sites is 1. The Morgan fingerprint density at radius 2 is 0.857 bits per heavy atom. The lowest BCUT2D eigenvalue weighted by atomic mass is 10.0. The quantitative estimate of drug-likeness (QED) is 0.206. The SMILES string of the molecule is O=P(c1ccccc1)(c1ccccc1)c1ccc2c(c1P(=O)(c1ccccc1)c1ccccc1)Cc1ccccc1O2. The summed E-state index contributed by atoms with van der Waals surface area (Å²) in [5.74, 6) is 1.43. The molecule has 0 atom stereocenters. The molecule has 0 spiro atoms. The van der Waals surface area contributed by atoms with E-state index >= 15 is 9.13 Å². The highest BCUT2D eigenvalue weighted by Gasteiger charge is 2.42. The minimum absolute atomic E-state index is 0.516. The summed E-state index contributed by atoms with van der Waals surface area (Å²) in [5.41, 5.74) is 1.82. The Kier molecular flexibility index (Phi) is 6.79. The second kappa shape index (κ2) is 10.8. The summed E-state index contributed by atoms with van der Waals surface area (Å²) in [6.45, 7) is 0. The second-order valence-corrected chi connectivity index (χ2v) is 15.8. The largest absolute Gasteiger partial charge is 0.457 e. The molecule has 0 bridgehead atoms. The van der Waals surface area contributed by atoms with Gasteiger partial charge in [0, 0.05) is 43.8 Å². The number of hydrogen-bond acceptors (Lipinski definition) is 3. The summed E-state index contributed by atoms with van der Waals surface area (Å²) in [5, 5.41) is 3.96. The summed E-state index contributed by atoms with van der Waals surface area (Å²) >= 11 is 0. The van der Waals surface area contributed by atoms with Gasteiger partial charge in [-0.1, -0.05) is 140 Å². The minimum Gasteiger partial charge on any atom is -0.457 e. The first-order valence-corrected chi connectivity index (χ1v) is 17.4. The fraction of sp³-hybridized carbons (Fsp3) is 0.0270. The second-order valence-electron chi connectivity index (χ2n) is 10.4. The molecule has 0 N–H and O–H groups in total. The van der Waals surface area contributed by atoms with Gasteiger partial charge in [-0.2, -0.15) is 0 Å². The fourth-order valence-corrected chi connectivity index (χ4v) is 12.5. The molecule has 0 saturated carbocycles. The standard InChI is InChI=1S/C37H28O3P2/c38-41(29-16-5-1-6-17-29,30-18-7-2-8-19-30)36-26-25-35-33(27-28-15-13-14-24-34(28)40-35)37(36)42(39,31-20-9-3-10-21-31)32-22-11-4-12-23-32/h1-26H,27H2. The van der Waals surface area contributed by atoms with Crippen LogP contribution in [0.2, 0.25) is 0 Å². The third-order valence-corrected chi connectivity index (χ3v) is 14.4. The maximum atomic E-state index is 16.2. The molecule has 0 aliphatic carbocycles. The van der Waals surface area contributed by atoms with Gasteiger partial charge in [-0.05, 0) is 23.8 Å². The average molecular weight is 583 g/mol. The van der Waals surface area contributed by atoms with Gasteiger partial charge < -0.3 is 13.9 Å². The van der Waals surface area contributed by atoms with E-state index in [0.29, 0.717) is 44.0 Å². The van der Waals surface area contributed by atoms with Crippen LogP contribution in [-0.4, -0.2) is 0 Å². The van der Waals surface area contributed by atoms with E-state index in [-0.39, 0.29) is 0 Å². The Balaban J connectivity index is 1.64. The zero-order valence-electron chi connectivity index (χ0n) is 22.8. The molecule has 1 aliphatic rings. The highest BCUT2D eigenvalue weighted by Crippen LogP contribution is 2.52. The number of rotatable bonds is 6. The molecule has 0 unspecified atom stereocenters. The fourth-order valence-electron chi connectivity index (χ4n) is 5.92. The van der Waals surface area contributed by atoms with Crippen LogP contribution in [-0.2, 0) is 15.6 Å². The molecule has 6 aromatic carbocycles. The van der Waals surface area contributed by atoms with Crippen LogP contribution in [0.4, 0.5) is 0 Å². The van der Waals surface area contributed by atoms with E-state index in [1.165, 1.54) is 0 Å². The van der Waals surface area contributed by atoms with Crippen molar-refractivity contribution in [3.05, 3.63) is 169 Å². The molecule has 1 aliphatic heterocycles. The zero-order chi connectivity index (χ0) is 28.6. The molecule has 5 heteroatoms. The van der Waals surface area contributed by atoms with Crippen molar-refractivity contribution in [2.24, 2.45) is 0 Å². The molecular weight excluding hydrogens is 554 g/mol. The van der Waals surface area contributed by atoms with Gasteiger partial charge in [-0.3, -0.25) is 0 Å². The smallest absolute Gasteiger partial charge is 0.172 e. The zero-order valence-corrected chi connectivity index (χ0v) is 24.6. The van der Waals surface area contributed by atoms with E-state index < -0.39 is 14.3 Å². The van der Waals surface area contributed by atoms with E-state index in [9.17, 15) is 0 Å². The number of hydrogen-bond donors (Lipinski definition) is 0. The highest BCUT2D eigenvalue weighted by atomic mass is 31.2. The molecule has 3 nitrogen and oxygen atoms in total. The van der Waals surface area contributed by atoms with Crippen molar-refractivity contribution in [1.82, 2.24) is 0 Å². The van der Waals surface area contributed by atoms with Crippen molar-refractivity contribution in [3.8, 4) is 11.5 Å². The number of benzene rings is 6. The van der Waals surface area contributed by atoms with Crippen molar-refractivity contribution in [2.75, 3.05) is 0 Å². The van der Waals surface area contributed by atoms with Gasteiger partial charge in [-0.15, -0.1) is 0 Å². The summed E-state index contributed by atoms with van der Waals surface area (Å²) in [4.78, 5) is 0. The molecule has 0 amide bonds. The van der Waals surface area contributed by atoms with E-state index in [0.717, 1.165) is 16.9 Å². The number of fused-ring (bicyclic) bond motifs is 2. The molecule has 0 fully saturated rings.